The number of ether oxygens (including phenoxy) is 1. The van der Waals surface area contributed by atoms with Crippen molar-refractivity contribution in [3.05, 3.63) is 11.1 Å². The van der Waals surface area contributed by atoms with Crippen molar-refractivity contribution in [2.45, 2.75) is 63.8 Å². The summed E-state index contributed by atoms with van der Waals surface area (Å²) < 4.78 is 5.37. The van der Waals surface area contributed by atoms with Crippen molar-refractivity contribution in [2.24, 2.45) is 11.8 Å². The summed E-state index contributed by atoms with van der Waals surface area (Å²) in [5.41, 5.74) is 0.00869. The zero-order chi connectivity index (χ0) is 14.0. The second kappa shape index (κ2) is 3.83. The molecule has 1 aliphatic heterocycles. The zero-order valence-corrected chi connectivity index (χ0v) is 11.8. The molecule has 0 radical (unpaired) electrons. The van der Waals surface area contributed by atoms with E-state index in [1.807, 2.05) is 13.8 Å². The zero-order valence-electron chi connectivity index (χ0n) is 11.8. The molecule has 0 unspecified atom stereocenters. The summed E-state index contributed by atoms with van der Waals surface area (Å²) in [6.07, 6.45) is 2.35. The van der Waals surface area contributed by atoms with E-state index in [1.165, 1.54) is 0 Å². The Labute approximate surface area is 113 Å². The average molecular weight is 266 g/mol. The standard InChI is InChI=1S/C15H22O4/c1-8-9-6-11-10(4-5-14(11,2)17)15(3,18)7-12(9)19-13(8)16/h10-12,17-18H,4-7H2,1-3H3/t10-,11+,12+,14+,15+/m0/s1. The van der Waals surface area contributed by atoms with Crippen LogP contribution in [0.1, 0.15) is 46.5 Å². The van der Waals surface area contributed by atoms with Gasteiger partial charge in [0.1, 0.15) is 6.10 Å². The summed E-state index contributed by atoms with van der Waals surface area (Å²) in [5, 5.41) is 21.3. The Hall–Kier alpha value is -0.870. The minimum atomic E-state index is -0.886. The smallest absolute Gasteiger partial charge is 0.334 e. The van der Waals surface area contributed by atoms with E-state index in [4.69, 9.17) is 4.74 Å². The van der Waals surface area contributed by atoms with Gasteiger partial charge < -0.3 is 14.9 Å². The van der Waals surface area contributed by atoms with Crippen molar-refractivity contribution < 1.29 is 19.7 Å². The van der Waals surface area contributed by atoms with E-state index in [-0.39, 0.29) is 23.9 Å². The van der Waals surface area contributed by atoms with Crippen LogP contribution in [0.25, 0.3) is 0 Å². The highest BCUT2D eigenvalue weighted by Gasteiger charge is 2.55. The number of carbonyl (C=O) groups excluding carboxylic acids is 1. The Balaban J connectivity index is 2.04. The van der Waals surface area contributed by atoms with Gasteiger partial charge in [-0.3, -0.25) is 0 Å². The first-order valence-electron chi connectivity index (χ1n) is 7.08. The van der Waals surface area contributed by atoms with Crippen LogP contribution in [0.3, 0.4) is 0 Å². The molecule has 0 aromatic heterocycles. The van der Waals surface area contributed by atoms with Crippen molar-refractivity contribution in [1.29, 1.82) is 0 Å². The second-order valence-electron chi connectivity index (χ2n) is 6.92. The van der Waals surface area contributed by atoms with E-state index >= 15 is 0 Å². The predicted octanol–water partition coefficient (Wildman–Crippen LogP) is 1.55. The van der Waals surface area contributed by atoms with Gasteiger partial charge in [-0.1, -0.05) is 0 Å². The molecular formula is C15H22O4. The van der Waals surface area contributed by atoms with Gasteiger partial charge in [-0.2, -0.15) is 0 Å². The number of esters is 1. The van der Waals surface area contributed by atoms with Crippen LogP contribution in [-0.4, -0.2) is 33.5 Å². The van der Waals surface area contributed by atoms with E-state index in [9.17, 15) is 15.0 Å². The van der Waals surface area contributed by atoms with Gasteiger partial charge in [-0.05, 0) is 57.4 Å². The first-order chi connectivity index (χ1) is 8.72. The van der Waals surface area contributed by atoms with Gasteiger partial charge in [0.2, 0.25) is 0 Å². The molecule has 3 rings (SSSR count). The van der Waals surface area contributed by atoms with E-state index in [0.29, 0.717) is 24.8 Å². The Morgan fingerprint density at radius 1 is 1.21 bits per heavy atom. The summed E-state index contributed by atoms with van der Waals surface area (Å²) in [6.45, 7) is 5.45. The molecule has 106 valence electrons. The number of fused-ring (bicyclic) bond motifs is 2. The van der Waals surface area contributed by atoms with Crippen molar-refractivity contribution in [2.75, 3.05) is 0 Å². The third-order valence-corrected chi connectivity index (χ3v) is 5.51. The molecule has 4 nitrogen and oxygen atoms in total. The topological polar surface area (TPSA) is 66.8 Å². The maximum atomic E-state index is 11.7. The van der Waals surface area contributed by atoms with E-state index in [0.717, 1.165) is 12.0 Å². The molecule has 0 amide bonds. The Morgan fingerprint density at radius 3 is 2.58 bits per heavy atom. The molecule has 0 aromatic carbocycles. The number of hydrogen-bond donors (Lipinski definition) is 2. The average Bonchev–Trinajstić information content (AvgIpc) is 2.66. The van der Waals surface area contributed by atoms with Gasteiger partial charge in [-0.25, -0.2) is 4.79 Å². The summed E-state index contributed by atoms with van der Waals surface area (Å²) in [5.74, 6) is -0.189. The van der Waals surface area contributed by atoms with E-state index < -0.39 is 11.2 Å². The summed E-state index contributed by atoms with van der Waals surface area (Å²) in [4.78, 5) is 11.7. The second-order valence-corrected chi connectivity index (χ2v) is 6.92. The highest BCUT2D eigenvalue weighted by Crippen LogP contribution is 2.53. The number of hydrogen-bond acceptors (Lipinski definition) is 4. The van der Waals surface area contributed by atoms with E-state index in [1.54, 1.807) is 6.92 Å². The molecule has 0 saturated heterocycles. The van der Waals surface area contributed by atoms with Crippen LogP contribution in [0.4, 0.5) is 0 Å². The van der Waals surface area contributed by atoms with Gasteiger partial charge in [0.05, 0.1) is 11.2 Å². The third-order valence-electron chi connectivity index (χ3n) is 5.51. The van der Waals surface area contributed by atoms with Crippen LogP contribution in [0, 0.1) is 11.8 Å². The lowest BCUT2D eigenvalue weighted by Crippen LogP contribution is -2.41. The highest BCUT2D eigenvalue weighted by molar-refractivity contribution is 5.91. The quantitative estimate of drug-likeness (QED) is 0.653. The molecule has 1 heterocycles. The molecule has 2 N–H and O–H groups in total. The fourth-order valence-electron chi connectivity index (χ4n) is 4.25. The van der Waals surface area contributed by atoms with Crippen LogP contribution in [0.5, 0.6) is 0 Å². The lowest BCUT2D eigenvalue weighted by molar-refractivity contribution is -0.142. The first-order valence-corrected chi connectivity index (χ1v) is 7.08. The normalized spacial score (nSPS) is 49.7. The maximum absolute atomic E-state index is 11.7. The maximum Gasteiger partial charge on any atom is 0.334 e. The lowest BCUT2D eigenvalue weighted by atomic mass is 9.76. The van der Waals surface area contributed by atoms with Crippen LogP contribution < -0.4 is 0 Å². The lowest BCUT2D eigenvalue weighted by Gasteiger charge is -2.35. The largest absolute Gasteiger partial charge is 0.454 e. The number of aliphatic hydroxyl groups is 2. The minimum absolute atomic E-state index is 0.00644. The molecule has 0 aromatic rings. The van der Waals surface area contributed by atoms with Gasteiger partial charge in [0.15, 0.2) is 0 Å². The Kier molecular flexibility index (Phi) is 2.64. The van der Waals surface area contributed by atoms with Crippen LogP contribution in [0.2, 0.25) is 0 Å². The SMILES string of the molecule is CC1=C2C[C@@H]3[C@H](CC[C@@]3(C)O)[C@](C)(O)C[C@H]2OC1=O. The monoisotopic (exact) mass is 266 g/mol. The fourth-order valence-corrected chi connectivity index (χ4v) is 4.25. The fraction of sp³-hybridized carbons (Fsp3) is 0.800. The molecule has 3 aliphatic rings. The summed E-state index contributed by atoms with van der Waals surface area (Å²) >= 11 is 0. The summed E-state index contributed by atoms with van der Waals surface area (Å²) in [6, 6.07) is 0. The molecule has 2 aliphatic carbocycles. The molecule has 19 heavy (non-hydrogen) atoms. The van der Waals surface area contributed by atoms with Crippen LogP contribution in [0.15, 0.2) is 11.1 Å². The van der Waals surface area contributed by atoms with Gasteiger partial charge in [0.25, 0.3) is 0 Å². The molecular weight excluding hydrogens is 244 g/mol. The predicted molar refractivity (Wildman–Crippen MR) is 69.3 cm³/mol. The van der Waals surface area contributed by atoms with Crippen LogP contribution in [-0.2, 0) is 9.53 Å². The minimum Gasteiger partial charge on any atom is -0.454 e. The third kappa shape index (κ3) is 1.84. The summed E-state index contributed by atoms with van der Waals surface area (Å²) in [7, 11) is 0. The van der Waals surface area contributed by atoms with Gasteiger partial charge >= 0.3 is 5.97 Å². The van der Waals surface area contributed by atoms with Gasteiger partial charge in [-0.15, -0.1) is 0 Å². The number of rotatable bonds is 0. The Bertz CT molecular complexity index is 461. The molecule has 2 fully saturated rings. The van der Waals surface area contributed by atoms with Crippen molar-refractivity contribution in [3.8, 4) is 0 Å². The molecule has 2 saturated carbocycles. The van der Waals surface area contributed by atoms with Gasteiger partial charge in [0, 0.05) is 12.0 Å². The van der Waals surface area contributed by atoms with Crippen molar-refractivity contribution >= 4 is 5.97 Å². The highest BCUT2D eigenvalue weighted by atomic mass is 16.5. The van der Waals surface area contributed by atoms with Crippen molar-refractivity contribution in [1.82, 2.24) is 0 Å². The molecule has 5 atom stereocenters. The molecule has 0 spiro atoms. The van der Waals surface area contributed by atoms with E-state index in [2.05, 4.69) is 0 Å². The molecule has 0 bridgehead atoms. The van der Waals surface area contributed by atoms with Crippen molar-refractivity contribution in [3.63, 3.8) is 0 Å². The first kappa shape index (κ1) is 13.1. The molecule has 4 heteroatoms. The number of carbonyl (C=O) groups is 1. The Morgan fingerprint density at radius 2 is 1.89 bits per heavy atom. The van der Waals surface area contributed by atoms with Crippen LogP contribution >= 0.6 is 0 Å².